The topological polar surface area (TPSA) is 78.9 Å². The Kier molecular flexibility index (Phi) is 3.65. The molecule has 0 aliphatic rings. The Morgan fingerprint density at radius 2 is 2.14 bits per heavy atom. The zero-order valence-corrected chi connectivity index (χ0v) is 7.60. The Morgan fingerprint density at radius 1 is 1.50 bits per heavy atom. The minimum atomic E-state index is -0.704. The number of hydrogen-bond donors (Lipinski definition) is 2. The normalized spacial score (nSPS) is 11.4. The van der Waals surface area contributed by atoms with Crippen molar-refractivity contribution in [3.8, 4) is 6.07 Å². The van der Waals surface area contributed by atoms with Gasteiger partial charge in [-0.25, -0.2) is 0 Å². The third kappa shape index (κ3) is 2.57. The van der Waals surface area contributed by atoms with Gasteiger partial charge in [-0.3, -0.25) is 4.79 Å². The summed E-state index contributed by atoms with van der Waals surface area (Å²) in [5, 5.41) is 10.7. The maximum atomic E-state index is 11.3. The summed E-state index contributed by atoms with van der Waals surface area (Å²) < 4.78 is 0. The number of nitriles is 1. The van der Waals surface area contributed by atoms with E-state index >= 15 is 0 Å². The molecule has 0 radical (unpaired) electrons. The number of carbonyl (C=O) groups excluding carboxylic acids is 1. The van der Waals surface area contributed by atoms with Gasteiger partial charge in [-0.05, 0) is 5.56 Å². The lowest BCUT2D eigenvalue weighted by atomic mass is 10.1. The Morgan fingerprint density at radius 3 is 2.71 bits per heavy atom. The lowest BCUT2D eigenvalue weighted by Gasteiger charge is -2.10. The van der Waals surface area contributed by atoms with Crippen LogP contribution in [0.1, 0.15) is 11.6 Å². The summed E-state index contributed by atoms with van der Waals surface area (Å²) in [5.41, 5.74) is 6.40. The number of nitrogens with zero attached hydrogens (tertiary/aromatic N) is 1. The molecule has 1 amide bonds. The molecule has 0 heterocycles. The van der Waals surface area contributed by atoms with Crippen molar-refractivity contribution in [2.75, 3.05) is 6.54 Å². The van der Waals surface area contributed by atoms with Gasteiger partial charge >= 0.3 is 0 Å². The minimum Gasteiger partial charge on any atom is -0.341 e. The molecule has 0 unspecified atom stereocenters. The third-order valence-corrected chi connectivity index (χ3v) is 1.78. The summed E-state index contributed by atoms with van der Waals surface area (Å²) in [6.45, 7) is -0.0145. The molecule has 0 aliphatic carbocycles. The van der Waals surface area contributed by atoms with Crippen LogP contribution in [0.25, 0.3) is 0 Å². The number of benzene rings is 1. The molecule has 1 rings (SSSR count). The Hall–Kier alpha value is -1.86. The van der Waals surface area contributed by atoms with Crippen molar-refractivity contribution in [1.82, 2.24) is 5.32 Å². The van der Waals surface area contributed by atoms with Gasteiger partial charge in [-0.2, -0.15) is 5.26 Å². The van der Waals surface area contributed by atoms with Crippen molar-refractivity contribution in [3.05, 3.63) is 35.9 Å². The van der Waals surface area contributed by atoms with Crippen molar-refractivity contribution in [2.45, 2.75) is 6.04 Å². The summed E-state index contributed by atoms with van der Waals surface area (Å²) in [5.74, 6) is -0.335. The molecule has 4 heteroatoms. The summed E-state index contributed by atoms with van der Waals surface area (Å²) >= 11 is 0. The SMILES string of the molecule is N#CCNC(=O)[C@@H](N)c1ccccc1. The average molecular weight is 189 g/mol. The van der Waals surface area contributed by atoms with Crippen LogP contribution in [-0.2, 0) is 4.79 Å². The van der Waals surface area contributed by atoms with Crippen molar-refractivity contribution >= 4 is 5.91 Å². The molecular weight excluding hydrogens is 178 g/mol. The van der Waals surface area contributed by atoms with Gasteiger partial charge < -0.3 is 11.1 Å². The summed E-state index contributed by atoms with van der Waals surface area (Å²) in [7, 11) is 0. The molecule has 72 valence electrons. The Bertz CT molecular complexity index is 342. The molecule has 1 atom stereocenters. The van der Waals surface area contributed by atoms with Crippen LogP contribution in [0.5, 0.6) is 0 Å². The fourth-order valence-electron chi connectivity index (χ4n) is 1.05. The molecule has 0 aliphatic heterocycles. The monoisotopic (exact) mass is 189 g/mol. The smallest absolute Gasteiger partial charge is 0.242 e. The van der Waals surface area contributed by atoms with Crippen LogP contribution in [0.4, 0.5) is 0 Å². The van der Waals surface area contributed by atoms with E-state index in [1.807, 2.05) is 24.3 Å². The van der Waals surface area contributed by atoms with Gasteiger partial charge in [0.1, 0.15) is 12.6 Å². The number of carbonyl (C=O) groups is 1. The van der Waals surface area contributed by atoms with E-state index in [9.17, 15) is 4.79 Å². The molecule has 0 saturated carbocycles. The van der Waals surface area contributed by atoms with Crippen LogP contribution < -0.4 is 11.1 Å². The van der Waals surface area contributed by atoms with Gasteiger partial charge in [0.15, 0.2) is 0 Å². The molecule has 1 aromatic carbocycles. The number of amides is 1. The van der Waals surface area contributed by atoms with Gasteiger partial charge in [-0.15, -0.1) is 0 Å². The van der Waals surface area contributed by atoms with Crippen molar-refractivity contribution in [1.29, 1.82) is 5.26 Å². The van der Waals surface area contributed by atoms with Crippen molar-refractivity contribution < 1.29 is 4.79 Å². The third-order valence-electron chi connectivity index (χ3n) is 1.78. The highest BCUT2D eigenvalue weighted by atomic mass is 16.2. The second-order valence-corrected chi connectivity index (χ2v) is 2.76. The van der Waals surface area contributed by atoms with E-state index in [2.05, 4.69) is 5.32 Å². The highest BCUT2D eigenvalue weighted by molar-refractivity contribution is 5.83. The average Bonchev–Trinajstić information content (AvgIpc) is 2.26. The summed E-state index contributed by atoms with van der Waals surface area (Å²) in [6.07, 6.45) is 0. The predicted molar refractivity (Wildman–Crippen MR) is 52.0 cm³/mol. The molecule has 0 saturated heterocycles. The van der Waals surface area contributed by atoms with E-state index in [1.165, 1.54) is 0 Å². The number of nitrogens with one attached hydrogen (secondary N) is 1. The van der Waals surface area contributed by atoms with Crippen LogP contribution in [0.15, 0.2) is 30.3 Å². The van der Waals surface area contributed by atoms with E-state index in [4.69, 9.17) is 11.0 Å². The molecule has 0 fully saturated rings. The van der Waals surface area contributed by atoms with E-state index in [-0.39, 0.29) is 12.5 Å². The predicted octanol–water partition coefficient (Wildman–Crippen LogP) is 0.326. The summed E-state index contributed by atoms with van der Waals surface area (Å²) in [6, 6.07) is 10.1. The zero-order valence-electron chi connectivity index (χ0n) is 7.60. The second kappa shape index (κ2) is 5.00. The highest BCUT2D eigenvalue weighted by Crippen LogP contribution is 2.08. The zero-order chi connectivity index (χ0) is 10.4. The van der Waals surface area contributed by atoms with Gasteiger partial charge in [0, 0.05) is 0 Å². The van der Waals surface area contributed by atoms with Crippen LogP contribution >= 0.6 is 0 Å². The molecular formula is C10H11N3O. The van der Waals surface area contributed by atoms with Crippen LogP contribution in [0.3, 0.4) is 0 Å². The van der Waals surface area contributed by atoms with Crippen molar-refractivity contribution in [3.63, 3.8) is 0 Å². The van der Waals surface area contributed by atoms with Gasteiger partial charge in [0.2, 0.25) is 5.91 Å². The van der Waals surface area contributed by atoms with Crippen LogP contribution in [-0.4, -0.2) is 12.5 Å². The highest BCUT2D eigenvalue weighted by Gasteiger charge is 2.13. The van der Waals surface area contributed by atoms with Crippen LogP contribution in [0.2, 0.25) is 0 Å². The molecule has 0 bridgehead atoms. The largest absolute Gasteiger partial charge is 0.341 e. The number of rotatable bonds is 3. The lowest BCUT2D eigenvalue weighted by Crippen LogP contribution is -2.34. The van der Waals surface area contributed by atoms with Crippen molar-refractivity contribution in [2.24, 2.45) is 5.73 Å². The quantitative estimate of drug-likeness (QED) is 0.672. The number of hydrogen-bond acceptors (Lipinski definition) is 3. The fourth-order valence-corrected chi connectivity index (χ4v) is 1.05. The lowest BCUT2D eigenvalue weighted by molar-refractivity contribution is -0.122. The molecule has 3 N–H and O–H groups in total. The number of nitrogens with two attached hydrogens (primary N) is 1. The first-order valence-corrected chi connectivity index (χ1v) is 4.21. The Labute approximate surface area is 82.3 Å². The maximum Gasteiger partial charge on any atom is 0.242 e. The van der Waals surface area contributed by atoms with Crippen LogP contribution in [0, 0.1) is 11.3 Å². The molecule has 0 aromatic heterocycles. The van der Waals surface area contributed by atoms with E-state index < -0.39 is 6.04 Å². The first kappa shape index (κ1) is 10.2. The van der Waals surface area contributed by atoms with Gasteiger partial charge in [0.05, 0.1) is 6.07 Å². The molecule has 14 heavy (non-hydrogen) atoms. The summed E-state index contributed by atoms with van der Waals surface area (Å²) in [4.78, 5) is 11.3. The minimum absolute atomic E-state index is 0.0145. The standard InChI is InChI=1S/C10H11N3O/c11-6-7-13-10(14)9(12)8-4-2-1-3-5-8/h1-5,9H,7,12H2,(H,13,14)/t9-/m0/s1. The fraction of sp³-hybridized carbons (Fsp3) is 0.200. The van der Waals surface area contributed by atoms with E-state index in [1.54, 1.807) is 12.1 Å². The Balaban J connectivity index is 2.62. The van der Waals surface area contributed by atoms with E-state index in [0.717, 1.165) is 5.56 Å². The molecule has 1 aromatic rings. The first-order valence-electron chi connectivity index (χ1n) is 4.21. The second-order valence-electron chi connectivity index (χ2n) is 2.76. The first-order chi connectivity index (χ1) is 6.75. The van der Waals surface area contributed by atoms with E-state index in [0.29, 0.717) is 0 Å². The van der Waals surface area contributed by atoms with Gasteiger partial charge in [-0.1, -0.05) is 30.3 Å². The molecule has 0 spiro atoms. The van der Waals surface area contributed by atoms with Gasteiger partial charge in [0.25, 0.3) is 0 Å². The molecule has 4 nitrogen and oxygen atoms in total. The maximum absolute atomic E-state index is 11.3.